The minimum absolute atomic E-state index is 0.353. The fraction of sp³-hybridized carbons (Fsp3) is 0.889. The van der Waals surface area contributed by atoms with Crippen molar-refractivity contribution in [3.63, 3.8) is 0 Å². The molecule has 70 valence electrons. The Balaban J connectivity index is 2.42. The molecule has 1 heterocycles. The molecule has 1 aliphatic rings. The van der Waals surface area contributed by atoms with E-state index in [-0.39, 0.29) is 5.41 Å². The summed E-state index contributed by atoms with van der Waals surface area (Å²) in [6.45, 7) is 4.41. The molecule has 1 rings (SSSR count). The van der Waals surface area contributed by atoms with Gasteiger partial charge in [0.1, 0.15) is 6.29 Å². The van der Waals surface area contributed by atoms with Crippen LogP contribution in [-0.2, 0) is 14.3 Å². The van der Waals surface area contributed by atoms with Gasteiger partial charge in [0.05, 0.1) is 18.6 Å². The van der Waals surface area contributed by atoms with E-state index in [0.29, 0.717) is 19.8 Å². The first-order valence-electron chi connectivity index (χ1n) is 4.45. The molecule has 1 saturated heterocycles. The lowest BCUT2D eigenvalue weighted by Crippen LogP contribution is -2.37. The van der Waals surface area contributed by atoms with Crippen molar-refractivity contribution in [2.75, 3.05) is 26.4 Å². The van der Waals surface area contributed by atoms with Crippen LogP contribution in [0, 0.1) is 5.41 Å². The molecule has 3 nitrogen and oxygen atoms in total. The molecule has 0 bridgehead atoms. The number of carbonyl (C=O) groups is 1. The van der Waals surface area contributed by atoms with Crippen molar-refractivity contribution in [2.24, 2.45) is 5.41 Å². The summed E-state index contributed by atoms with van der Waals surface area (Å²) in [6, 6.07) is 0. The van der Waals surface area contributed by atoms with Crippen molar-refractivity contribution in [2.45, 2.75) is 19.8 Å². The molecular weight excluding hydrogens is 156 g/mol. The van der Waals surface area contributed by atoms with E-state index in [4.69, 9.17) is 9.47 Å². The lowest BCUT2D eigenvalue weighted by molar-refractivity contribution is -0.129. The molecule has 1 aliphatic heterocycles. The lowest BCUT2D eigenvalue weighted by Gasteiger charge is -2.31. The van der Waals surface area contributed by atoms with E-state index in [1.807, 2.05) is 6.92 Å². The maximum absolute atomic E-state index is 10.8. The van der Waals surface area contributed by atoms with Crippen LogP contribution in [0.2, 0.25) is 0 Å². The molecule has 0 saturated carbocycles. The normalized spacial score (nSPS) is 30.1. The van der Waals surface area contributed by atoms with Crippen LogP contribution in [0.3, 0.4) is 0 Å². The number of hydrogen-bond acceptors (Lipinski definition) is 3. The Labute approximate surface area is 73.0 Å². The van der Waals surface area contributed by atoms with Gasteiger partial charge in [-0.05, 0) is 19.8 Å². The first-order chi connectivity index (χ1) is 5.83. The molecule has 0 aromatic heterocycles. The average molecular weight is 172 g/mol. The third kappa shape index (κ3) is 2.29. The summed E-state index contributed by atoms with van der Waals surface area (Å²) in [7, 11) is 0. The summed E-state index contributed by atoms with van der Waals surface area (Å²) >= 11 is 0. The van der Waals surface area contributed by atoms with E-state index in [0.717, 1.165) is 25.7 Å². The van der Waals surface area contributed by atoms with Gasteiger partial charge in [-0.2, -0.15) is 0 Å². The molecule has 0 amide bonds. The zero-order valence-corrected chi connectivity index (χ0v) is 7.54. The van der Waals surface area contributed by atoms with Crippen LogP contribution in [0.15, 0.2) is 0 Å². The summed E-state index contributed by atoms with van der Waals surface area (Å²) < 4.78 is 10.5. The SMILES string of the molecule is CCOCC1(C=O)CCCOC1. The predicted molar refractivity (Wildman–Crippen MR) is 45.0 cm³/mol. The Hall–Kier alpha value is -0.410. The molecule has 0 aromatic carbocycles. The second-order valence-corrected chi connectivity index (χ2v) is 3.27. The van der Waals surface area contributed by atoms with Gasteiger partial charge >= 0.3 is 0 Å². The van der Waals surface area contributed by atoms with Crippen LogP contribution in [0.1, 0.15) is 19.8 Å². The van der Waals surface area contributed by atoms with E-state index in [1.54, 1.807) is 0 Å². The number of aldehydes is 1. The van der Waals surface area contributed by atoms with Gasteiger partial charge in [0.25, 0.3) is 0 Å². The minimum atomic E-state index is -0.353. The zero-order chi connectivity index (χ0) is 8.86. The van der Waals surface area contributed by atoms with Crippen molar-refractivity contribution in [1.82, 2.24) is 0 Å². The molecule has 0 spiro atoms. The van der Waals surface area contributed by atoms with Gasteiger partial charge in [-0.1, -0.05) is 0 Å². The van der Waals surface area contributed by atoms with Crippen LogP contribution in [-0.4, -0.2) is 32.7 Å². The zero-order valence-electron chi connectivity index (χ0n) is 7.54. The third-order valence-electron chi connectivity index (χ3n) is 2.20. The molecule has 3 heteroatoms. The summed E-state index contributed by atoms with van der Waals surface area (Å²) in [5, 5.41) is 0. The topological polar surface area (TPSA) is 35.5 Å². The smallest absolute Gasteiger partial charge is 0.130 e. The maximum Gasteiger partial charge on any atom is 0.130 e. The molecule has 1 unspecified atom stereocenters. The molecule has 12 heavy (non-hydrogen) atoms. The average Bonchev–Trinajstić information content (AvgIpc) is 2.16. The van der Waals surface area contributed by atoms with Crippen molar-refractivity contribution < 1.29 is 14.3 Å². The van der Waals surface area contributed by atoms with E-state index < -0.39 is 0 Å². The first kappa shape index (κ1) is 9.68. The third-order valence-corrected chi connectivity index (χ3v) is 2.20. The summed E-state index contributed by atoms with van der Waals surface area (Å²) in [6.07, 6.45) is 2.85. The van der Waals surface area contributed by atoms with Crippen LogP contribution in [0.5, 0.6) is 0 Å². The number of carbonyl (C=O) groups excluding carboxylic acids is 1. The van der Waals surface area contributed by atoms with Crippen molar-refractivity contribution >= 4 is 6.29 Å². The molecule has 0 aromatic rings. The number of hydrogen-bond donors (Lipinski definition) is 0. The Bertz CT molecular complexity index is 139. The highest BCUT2D eigenvalue weighted by molar-refractivity contribution is 5.60. The van der Waals surface area contributed by atoms with E-state index >= 15 is 0 Å². The van der Waals surface area contributed by atoms with Gasteiger partial charge in [-0.15, -0.1) is 0 Å². The molecule has 0 N–H and O–H groups in total. The highest BCUT2D eigenvalue weighted by Crippen LogP contribution is 2.26. The summed E-state index contributed by atoms with van der Waals surface area (Å²) in [5.74, 6) is 0. The van der Waals surface area contributed by atoms with Gasteiger partial charge in [0.2, 0.25) is 0 Å². The van der Waals surface area contributed by atoms with Crippen LogP contribution >= 0.6 is 0 Å². The lowest BCUT2D eigenvalue weighted by atomic mass is 9.85. The van der Waals surface area contributed by atoms with E-state index in [1.165, 1.54) is 0 Å². The highest BCUT2D eigenvalue weighted by Gasteiger charge is 2.32. The van der Waals surface area contributed by atoms with Crippen molar-refractivity contribution in [3.05, 3.63) is 0 Å². The Morgan fingerprint density at radius 3 is 3.00 bits per heavy atom. The number of rotatable bonds is 4. The van der Waals surface area contributed by atoms with Crippen LogP contribution in [0.4, 0.5) is 0 Å². The fourth-order valence-corrected chi connectivity index (χ4v) is 1.42. The maximum atomic E-state index is 10.8. The predicted octanol–water partition coefficient (Wildman–Crippen LogP) is 1.02. The Kier molecular flexibility index (Phi) is 3.69. The second kappa shape index (κ2) is 4.58. The highest BCUT2D eigenvalue weighted by atomic mass is 16.5. The summed E-state index contributed by atoms with van der Waals surface area (Å²) in [4.78, 5) is 10.8. The van der Waals surface area contributed by atoms with Crippen molar-refractivity contribution in [1.29, 1.82) is 0 Å². The van der Waals surface area contributed by atoms with Gasteiger partial charge < -0.3 is 14.3 Å². The second-order valence-electron chi connectivity index (χ2n) is 3.27. The van der Waals surface area contributed by atoms with Gasteiger partial charge in [-0.25, -0.2) is 0 Å². The minimum Gasteiger partial charge on any atom is -0.381 e. The first-order valence-corrected chi connectivity index (χ1v) is 4.45. The van der Waals surface area contributed by atoms with Crippen molar-refractivity contribution in [3.8, 4) is 0 Å². The molecule has 1 fully saturated rings. The standard InChI is InChI=1S/C9H16O3/c1-2-11-7-9(6-10)4-3-5-12-8-9/h6H,2-5,7-8H2,1H3. The van der Waals surface area contributed by atoms with Crippen LogP contribution in [0.25, 0.3) is 0 Å². The van der Waals surface area contributed by atoms with E-state index in [2.05, 4.69) is 0 Å². The molecule has 1 atom stereocenters. The molecular formula is C9H16O3. The fourth-order valence-electron chi connectivity index (χ4n) is 1.42. The molecule has 0 radical (unpaired) electrons. The quantitative estimate of drug-likeness (QED) is 0.594. The van der Waals surface area contributed by atoms with Gasteiger partial charge in [0, 0.05) is 13.2 Å². The van der Waals surface area contributed by atoms with Crippen LogP contribution < -0.4 is 0 Å². The van der Waals surface area contributed by atoms with E-state index in [9.17, 15) is 4.79 Å². The van der Waals surface area contributed by atoms with Gasteiger partial charge in [-0.3, -0.25) is 0 Å². The Morgan fingerprint density at radius 2 is 2.50 bits per heavy atom. The Morgan fingerprint density at radius 1 is 1.67 bits per heavy atom. The molecule has 0 aliphatic carbocycles. The number of ether oxygens (including phenoxy) is 2. The van der Waals surface area contributed by atoms with Gasteiger partial charge in [0.15, 0.2) is 0 Å². The monoisotopic (exact) mass is 172 g/mol. The summed E-state index contributed by atoms with van der Waals surface area (Å²) in [5.41, 5.74) is -0.353. The largest absolute Gasteiger partial charge is 0.381 e.